The summed E-state index contributed by atoms with van der Waals surface area (Å²) in [5, 5.41) is 8.99. The van der Waals surface area contributed by atoms with Crippen LogP contribution in [-0.4, -0.2) is 28.9 Å². The quantitative estimate of drug-likeness (QED) is 0.827. The van der Waals surface area contributed by atoms with Gasteiger partial charge in [-0.05, 0) is 31.4 Å². The summed E-state index contributed by atoms with van der Waals surface area (Å²) in [7, 11) is 1.71. The molecule has 82 valence electrons. The smallest absolute Gasteiger partial charge is 0.352 e. The van der Waals surface area contributed by atoms with Crippen LogP contribution in [0.2, 0.25) is 0 Å². The fourth-order valence-corrected chi connectivity index (χ4v) is 2.28. The van der Waals surface area contributed by atoms with Crippen molar-refractivity contribution in [2.45, 2.75) is 31.4 Å². The Morgan fingerprint density at radius 3 is 3.00 bits per heavy atom. The highest BCUT2D eigenvalue weighted by Gasteiger charge is 2.27. The minimum absolute atomic E-state index is 0.274. The van der Waals surface area contributed by atoms with Crippen molar-refractivity contribution < 1.29 is 14.6 Å². The molecule has 0 aromatic carbocycles. The summed E-state index contributed by atoms with van der Waals surface area (Å²) < 4.78 is 7.13. The van der Waals surface area contributed by atoms with Gasteiger partial charge in [-0.1, -0.05) is 0 Å². The number of carbonyl (C=O) groups is 1. The molecule has 1 fully saturated rings. The SMILES string of the molecule is COC1CCC(n2cccc2C(=O)O)C1. The molecule has 1 aromatic rings. The molecule has 0 aliphatic heterocycles. The number of carboxylic acids is 1. The Kier molecular flexibility index (Phi) is 2.77. The maximum absolute atomic E-state index is 10.9. The standard InChI is InChI=1S/C11H15NO3/c1-15-9-5-4-8(7-9)12-6-2-3-10(12)11(13)14/h2-3,6,8-9H,4-5,7H2,1H3,(H,13,14). The van der Waals surface area contributed by atoms with Gasteiger partial charge in [-0.2, -0.15) is 0 Å². The number of rotatable bonds is 3. The van der Waals surface area contributed by atoms with Crippen molar-refractivity contribution >= 4 is 5.97 Å². The van der Waals surface area contributed by atoms with Crippen molar-refractivity contribution in [3.05, 3.63) is 24.0 Å². The molecule has 0 spiro atoms. The van der Waals surface area contributed by atoms with Gasteiger partial charge in [0.2, 0.25) is 0 Å². The fourth-order valence-electron chi connectivity index (χ4n) is 2.28. The van der Waals surface area contributed by atoms with Gasteiger partial charge in [-0.3, -0.25) is 0 Å². The second-order valence-corrected chi connectivity index (χ2v) is 3.93. The first kappa shape index (κ1) is 10.2. The van der Waals surface area contributed by atoms with E-state index in [0.29, 0.717) is 5.69 Å². The molecule has 0 amide bonds. The zero-order valence-corrected chi connectivity index (χ0v) is 8.72. The third-order valence-corrected chi connectivity index (χ3v) is 3.08. The van der Waals surface area contributed by atoms with Crippen LogP contribution in [0, 0.1) is 0 Å². The minimum atomic E-state index is -0.860. The normalized spacial score (nSPS) is 25.7. The van der Waals surface area contributed by atoms with Gasteiger partial charge in [-0.25, -0.2) is 4.79 Å². The maximum Gasteiger partial charge on any atom is 0.352 e. The summed E-state index contributed by atoms with van der Waals surface area (Å²) in [6, 6.07) is 3.70. The van der Waals surface area contributed by atoms with Gasteiger partial charge in [0.1, 0.15) is 5.69 Å². The van der Waals surface area contributed by atoms with Crippen molar-refractivity contribution in [3.63, 3.8) is 0 Å². The molecule has 4 heteroatoms. The van der Waals surface area contributed by atoms with Crippen LogP contribution in [0.1, 0.15) is 35.8 Å². The highest BCUT2D eigenvalue weighted by atomic mass is 16.5. The molecule has 1 aliphatic carbocycles. The van der Waals surface area contributed by atoms with Gasteiger partial charge in [0, 0.05) is 19.3 Å². The Labute approximate surface area is 88.5 Å². The van der Waals surface area contributed by atoms with Crippen molar-refractivity contribution in [2.24, 2.45) is 0 Å². The van der Waals surface area contributed by atoms with E-state index in [2.05, 4.69) is 0 Å². The molecule has 1 aliphatic rings. The van der Waals surface area contributed by atoms with E-state index in [-0.39, 0.29) is 12.1 Å². The average molecular weight is 209 g/mol. The Bertz CT molecular complexity index is 358. The van der Waals surface area contributed by atoms with Crippen molar-refractivity contribution in [2.75, 3.05) is 7.11 Å². The van der Waals surface area contributed by atoms with Crippen LogP contribution < -0.4 is 0 Å². The number of nitrogens with zero attached hydrogens (tertiary/aromatic N) is 1. The Morgan fingerprint density at radius 1 is 1.60 bits per heavy atom. The molecule has 0 bridgehead atoms. The van der Waals surface area contributed by atoms with Gasteiger partial charge in [-0.15, -0.1) is 0 Å². The van der Waals surface area contributed by atoms with E-state index >= 15 is 0 Å². The highest BCUT2D eigenvalue weighted by molar-refractivity contribution is 5.85. The van der Waals surface area contributed by atoms with Crippen LogP contribution in [0.25, 0.3) is 0 Å². The number of aromatic nitrogens is 1. The molecule has 0 saturated heterocycles. The van der Waals surface area contributed by atoms with Crippen LogP contribution in [0.4, 0.5) is 0 Å². The van der Waals surface area contributed by atoms with Gasteiger partial charge < -0.3 is 14.4 Å². The van der Waals surface area contributed by atoms with E-state index in [1.54, 1.807) is 19.2 Å². The van der Waals surface area contributed by atoms with Crippen LogP contribution in [-0.2, 0) is 4.74 Å². The van der Waals surface area contributed by atoms with Crippen LogP contribution >= 0.6 is 0 Å². The lowest BCUT2D eigenvalue weighted by Gasteiger charge is -2.14. The predicted molar refractivity (Wildman–Crippen MR) is 55.1 cm³/mol. The number of carboxylic acid groups (broad SMARTS) is 1. The molecular formula is C11H15NO3. The monoisotopic (exact) mass is 209 g/mol. The molecule has 2 unspecified atom stereocenters. The Balaban J connectivity index is 2.16. The number of hydrogen-bond donors (Lipinski definition) is 1. The average Bonchev–Trinajstić information content (AvgIpc) is 2.85. The molecule has 0 radical (unpaired) electrons. The third-order valence-electron chi connectivity index (χ3n) is 3.08. The highest BCUT2D eigenvalue weighted by Crippen LogP contribution is 2.32. The van der Waals surface area contributed by atoms with Crippen LogP contribution in [0.5, 0.6) is 0 Å². The molecule has 1 saturated carbocycles. The van der Waals surface area contributed by atoms with Crippen molar-refractivity contribution in [1.29, 1.82) is 0 Å². The van der Waals surface area contributed by atoms with Crippen molar-refractivity contribution in [1.82, 2.24) is 4.57 Å². The maximum atomic E-state index is 10.9. The molecule has 2 rings (SSSR count). The fraction of sp³-hybridized carbons (Fsp3) is 0.545. The first-order valence-electron chi connectivity index (χ1n) is 5.15. The molecular weight excluding hydrogens is 194 g/mol. The molecule has 2 atom stereocenters. The second kappa shape index (κ2) is 4.06. The van der Waals surface area contributed by atoms with Crippen molar-refractivity contribution in [3.8, 4) is 0 Å². The summed E-state index contributed by atoms with van der Waals surface area (Å²) in [6.45, 7) is 0. The Morgan fingerprint density at radius 2 is 2.40 bits per heavy atom. The Hall–Kier alpha value is -1.29. The van der Waals surface area contributed by atoms with Gasteiger partial charge in [0.15, 0.2) is 0 Å². The molecule has 1 aromatic heterocycles. The lowest BCUT2D eigenvalue weighted by atomic mass is 10.2. The zero-order valence-electron chi connectivity index (χ0n) is 8.72. The summed E-state index contributed by atoms with van der Waals surface area (Å²) in [5.74, 6) is -0.860. The van der Waals surface area contributed by atoms with E-state index in [4.69, 9.17) is 9.84 Å². The van der Waals surface area contributed by atoms with Gasteiger partial charge in [0.05, 0.1) is 6.10 Å². The number of aromatic carboxylic acids is 1. The third kappa shape index (κ3) is 1.90. The minimum Gasteiger partial charge on any atom is -0.477 e. The van der Waals surface area contributed by atoms with E-state index < -0.39 is 5.97 Å². The number of hydrogen-bond acceptors (Lipinski definition) is 2. The molecule has 1 heterocycles. The number of methoxy groups -OCH3 is 1. The predicted octanol–water partition coefficient (Wildman–Crippen LogP) is 1.93. The first-order chi connectivity index (χ1) is 7.22. The second-order valence-electron chi connectivity index (χ2n) is 3.93. The summed E-state index contributed by atoms with van der Waals surface area (Å²) in [5.41, 5.74) is 0.372. The van der Waals surface area contributed by atoms with Gasteiger partial charge >= 0.3 is 5.97 Å². The molecule has 1 N–H and O–H groups in total. The van der Waals surface area contributed by atoms with E-state index in [1.165, 1.54) is 0 Å². The topological polar surface area (TPSA) is 51.5 Å². The lowest BCUT2D eigenvalue weighted by Crippen LogP contribution is -2.13. The zero-order chi connectivity index (χ0) is 10.8. The van der Waals surface area contributed by atoms with Crippen LogP contribution in [0.3, 0.4) is 0 Å². The summed E-state index contributed by atoms with van der Waals surface area (Å²) >= 11 is 0. The summed E-state index contributed by atoms with van der Waals surface area (Å²) in [6.07, 6.45) is 5.03. The van der Waals surface area contributed by atoms with Crippen LogP contribution in [0.15, 0.2) is 18.3 Å². The molecule has 15 heavy (non-hydrogen) atoms. The first-order valence-corrected chi connectivity index (χ1v) is 5.15. The van der Waals surface area contributed by atoms with E-state index in [1.807, 2.05) is 10.8 Å². The summed E-state index contributed by atoms with van der Waals surface area (Å²) in [4.78, 5) is 10.9. The van der Waals surface area contributed by atoms with E-state index in [0.717, 1.165) is 19.3 Å². The van der Waals surface area contributed by atoms with E-state index in [9.17, 15) is 4.79 Å². The van der Waals surface area contributed by atoms with Gasteiger partial charge in [0.25, 0.3) is 0 Å². The largest absolute Gasteiger partial charge is 0.477 e. The lowest BCUT2D eigenvalue weighted by molar-refractivity contribution is 0.0680. The molecule has 4 nitrogen and oxygen atoms in total. The number of ether oxygens (including phenoxy) is 1.